The van der Waals surface area contributed by atoms with Crippen LogP contribution in [0.5, 0.6) is 5.75 Å². The number of urea groups is 1. The van der Waals surface area contributed by atoms with Crippen LogP contribution in [0.4, 0.5) is 23.7 Å². The van der Waals surface area contributed by atoms with Gasteiger partial charge < -0.3 is 15.8 Å². The first kappa shape index (κ1) is 16.6. The molecule has 0 fully saturated rings. The van der Waals surface area contributed by atoms with Crippen LogP contribution in [0.15, 0.2) is 17.1 Å². The van der Waals surface area contributed by atoms with E-state index >= 15 is 0 Å². The first-order valence-corrected chi connectivity index (χ1v) is 5.79. The number of carbonyl (C=O) groups is 1. The number of hydrogen-bond donors (Lipinski definition) is 3. The molecule has 0 aliphatic heterocycles. The van der Waals surface area contributed by atoms with E-state index in [1.54, 1.807) is 13.8 Å². The van der Waals surface area contributed by atoms with E-state index in [9.17, 15) is 18.0 Å². The van der Waals surface area contributed by atoms with Gasteiger partial charge in [0.1, 0.15) is 5.75 Å². The summed E-state index contributed by atoms with van der Waals surface area (Å²) in [7, 11) is 1.40. The third-order valence-corrected chi connectivity index (χ3v) is 2.46. The van der Waals surface area contributed by atoms with Gasteiger partial charge in [0, 0.05) is 12.7 Å². The Bertz CT molecular complexity index is 547. The molecule has 0 heterocycles. The number of alkyl halides is 3. The number of aliphatic imine (C=N–C) groups is 1. The second-order valence-electron chi connectivity index (χ2n) is 4.17. The van der Waals surface area contributed by atoms with E-state index in [-0.39, 0.29) is 11.7 Å². The van der Waals surface area contributed by atoms with Gasteiger partial charge in [0.2, 0.25) is 0 Å². The monoisotopic (exact) mass is 304 g/mol. The van der Waals surface area contributed by atoms with E-state index in [1.807, 2.05) is 0 Å². The second kappa shape index (κ2) is 6.33. The molecule has 0 aromatic heterocycles. The van der Waals surface area contributed by atoms with Crippen LogP contribution < -0.4 is 21.1 Å². The van der Waals surface area contributed by atoms with Gasteiger partial charge in [0.05, 0.1) is 0 Å². The Kier molecular flexibility index (Phi) is 5.01. The Labute approximate surface area is 119 Å². The number of halogens is 3. The largest absolute Gasteiger partial charge is 0.573 e. The number of benzene rings is 1. The smallest absolute Gasteiger partial charge is 0.406 e. The maximum atomic E-state index is 12.2. The Hall–Kier alpha value is -2.45. The van der Waals surface area contributed by atoms with E-state index in [0.717, 1.165) is 0 Å². The number of nitrogens with two attached hydrogens (primary N) is 1. The molecule has 6 nitrogen and oxygen atoms in total. The van der Waals surface area contributed by atoms with E-state index in [4.69, 9.17) is 5.73 Å². The van der Waals surface area contributed by atoms with Crippen molar-refractivity contribution >= 4 is 17.7 Å². The molecule has 116 valence electrons. The minimum atomic E-state index is -4.77. The van der Waals surface area contributed by atoms with E-state index in [1.165, 1.54) is 19.2 Å². The molecule has 0 saturated carbocycles. The third kappa shape index (κ3) is 5.21. The van der Waals surface area contributed by atoms with Crippen molar-refractivity contribution in [3.05, 3.63) is 23.3 Å². The second-order valence-corrected chi connectivity index (χ2v) is 4.17. The Balaban J connectivity index is 2.93. The lowest BCUT2D eigenvalue weighted by atomic mass is 10.1. The summed E-state index contributed by atoms with van der Waals surface area (Å²) in [5.41, 5.74) is 6.52. The molecule has 0 aliphatic rings. The van der Waals surface area contributed by atoms with Crippen molar-refractivity contribution in [3.8, 4) is 5.75 Å². The number of guanidine groups is 1. The van der Waals surface area contributed by atoms with Crippen LogP contribution in [-0.4, -0.2) is 25.4 Å². The highest BCUT2D eigenvalue weighted by Crippen LogP contribution is 2.29. The van der Waals surface area contributed by atoms with Crippen LogP contribution in [0.1, 0.15) is 11.1 Å². The number of carbonyl (C=O) groups excluding carboxylic acids is 1. The fourth-order valence-electron chi connectivity index (χ4n) is 1.63. The van der Waals surface area contributed by atoms with E-state index < -0.39 is 12.4 Å². The SMILES string of the molecule is CN=C(N)NC(=O)Nc1c(C)cc(OC(F)(F)F)cc1C. The average Bonchev–Trinajstić information content (AvgIpc) is 2.31. The highest BCUT2D eigenvalue weighted by molar-refractivity contribution is 6.02. The van der Waals surface area contributed by atoms with Crippen LogP contribution in [0.2, 0.25) is 0 Å². The van der Waals surface area contributed by atoms with Crippen LogP contribution >= 0.6 is 0 Å². The van der Waals surface area contributed by atoms with Gasteiger partial charge in [-0.15, -0.1) is 13.2 Å². The van der Waals surface area contributed by atoms with E-state index in [2.05, 4.69) is 20.4 Å². The molecule has 2 amide bonds. The molecule has 4 N–H and O–H groups in total. The predicted octanol–water partition coefficient (Wildman–Crippen LogP) is 2.27. The van der Waals surface area contributed by atoms with Crippen LogP contribution in [0.3, 0.4) is 0 Å². The van der Waals surface area contributed by atoms with E-state index in [0.29, 0.717) is 16.8 Å². The minimum Gasteiger partial charge on any atom is -0.406 e. The Morgan fingerprint density at radius 1 is 1.29 bits per heavy atom. The van der Waals surface area contributed by atoms with Crippen molar-refractivity contribution in [2.45, 2.75) is 20.2 Å². The molecule has 0 aliphatic carbocycles. The summed E-state index contributed by atoms with van der Waals surface area (Å²) >= 11 is 0. The molecule has 0 atom stereocenters. The van der Waals surface area contributed by atoms with Crippen molar-refractivity contribution in [3.63, 3.8) is 0 Å². The fourth-order valence-corrected chi connectivity index (χ4v) is 1.63. The van der Waals surface area contributed by atoms with Crippen LogP contribution in [-0.2, 0) is 0 Å². The molecule has 21 heavy (non-hydrogen) atoms. The summed E-state index contributed by atoms with van der Waals surface area (Å²) in [6.07, 6.45) is -4.77. The van der Waals surface area contributed by atoms with Crippen LogP contribution in [0, 0.1) is 13.8 Å². The van der Waals surface area contributed by atoms with Gasteiger partial charge in [0.15, 0.2) is 5.96 Å². The van der Waals surface area contributed by atoms with Crippen molar-refractivity contribution in [1.29, 1.82) is 0 Å². The van der Waals surface area contributed by atoms with Crippen molar-refractivity contribution in [2.24, 2.45) is 10.7 Å². The number of amides is 2. The molecule has 0 bridgehead atoms. The number of nitrogens with zero attached hydrogens (tertiary/aromatic N) is 1. The van der Waals surface area contributed by atoms with Crippen LogP contribution in [0.25, 0.3) is 0 Å². The molecular weight excluding hydrogens is 289 g/mol. The molecule has 1 aromatic rings. The number of anilines is 1. The summed E-state index contributed by atoms with van der Waals surface area (Å²) in [5, 5.41) is 4.74. The first-order chi connectivity index (χ1) is 9.62. The summed E-state index contributed by atoms with van der Waals surface area (Å²) < 4.78 is 40.3. The first-order valence-electron chi connectivity index (χ1n) is 5.79. The normalized spacial score (nSPS) is 12.0. The lowest BCUT2D eigenvalue weighted by molar-refractivity contribution is -0.274. The minimum absolute atomic E-state index is 0.0835. The van der Waals surface area contributed by atoms with Gasteiger partial charge in [0.25, 0.3) is 0 Å². The standard InChI is InChI=1S/C12H15F3N4O2/c1-6-4-8(21-12(13,14)15)5-7(2)9(6)18-11(20)19-10(16)17-3/h4-5H,1-3H3,(H4,16,17,18,19,20). The molecule has 0 unspecified atom stereocenters. The zero-order valence-corrected chi connectivity index (χ0v) is 11.6. The lowest BCUT2D eigenvalue weighted by Crippen LogP contribution is -2.39. The maximum absolute atomic E-state index is 12.2. The Morgan fingerprint density at radius 2 is 1.81 bits per heavy atom. The molecule has 1 rings (SSSR count). The lowest BCUT2D eigenvalue weighted by Gasteiger charge is -2.15. The molecule has 0 saturated heterocycles. The van der Waals surface area contributed by atoms with Gasteiger partial charge in [-0.3, -0.25) is 10.3 Å². The van der Waals surface area contributed by atoms with Gasteiger partial charge >= 0.3 is 12.4 Å². The predicted molar refractivity (Wildman–Crippen MR) is 72.3 cm³/mol. The molecule has 1 aromatic carbocycles. The number of nitrogens with one attached hydrogen (secondary N) is 2. The average molecular weight is 304 g/mol. The van der Waals surface area contributed by atoms with Crippen molar-refractivity contribution in [2.75, 3.05) is 12.4 Å². The molecular formula is C12H15F3N4O2. The quantitative estimate of drug-likeness (QED) is 0.578. The number of aryl methyl sites for hydroxylation is 2. The summed E-state index contributed by atoms with van der Waals surface area (Å²) in [5.74, 6) is -0.432. The molecule has 0 radical (unpaired) electrons. The van der Waals surface area contributed by atoms with Crippen molar-refractivity contribution < 1.29 is 22.7 Å². The Morgan fingerprint density at radius 3 is 2.24 bits per heavy atom. The number of rotatable bonds is 2. The zero-order chi connectivity index (χ0) is 16.2. The summed E-state index contributed by atoms with van der Waals surface area (Å²) in [6.45, 7) is 3.09. The highest BCUT2D eigenvalue weighted by Gasteiger charge is 2.31. The third-order valence-electron chi connectivity index (χ3n) is 2.46. The number of ether oxygens (including phenoxy) is 1. The zero-order valence-electron chi connectivity index (χ0n) is 11.6. The van der Waals surface area contributed by atoms with Gasteiger partial charge in [-0.1, -0.05) is 0 Å². The fraction of sp³-hybridized carbons (Fsp3) is 0.333. The molecule has 9 heteroatoms. The van der Waals surface area contributed by atoms with Gasteiger partial charge in [-0.2, -0.15) is 0 Å². The van der Waals surface area contributed by atoms with Crippen molar-refractivity contribution in [1.82, 2.24) is 5.32 Å². The van der Waals surface area contributed by atoms with Gasteiger partial charge in [-0.05, 0) is 37.1 Å². The maximum Gasteiger partial charge on any atom is 0.573 e. The summed E-state index contributed by atoms with van der Waals surface area (Å²) in [4.78, 5) is 15.2. The van der Waals surface area contributed by atoms with Gasteiger partial charge in [-0.25, -0.2) is 4.79 Å². The summed E-state index contributed by atoms with van der Waals surface area (Å²) in [6, 6.07) is 1.70. The highest BCUT2D eigenvalue weighted by atomic mass is 19.4. The number of hydrogen-bond acceptors (Lipinski definition) is 3. The topological polar surface area (TPSA) is 88.7 Å². The molecule has 0 spiro atoms.